The van der Waals surface area contributed by atoms with Crippen LogP contribution in [-0.2, 0) is 22.3 Å². The van der Waals surface area contributed by atoms with Crippen molar-refractivity contribution >= 4 is 18.0 Å². The largest absolute Gasteiger partial charge is 0.417 e. The first-order chi connectivity index (χ1) is 16.4. The molecule has 0 fully saturated rings. The standard InChI is InChI=1S/C24H23F3N6O2/c1-16-13-33(30-29-16)19-8-5-17(6-9-19)14-31(4)23(2,3)22(35)32(15-34)20-10-7-18(12-28)21(11-20)24(25,26)27/h5-11,13,15H,14H2,1-4H3. The molecule has 3 aromatic rings. The number of halogens is 3. The number of aromatic nitrogens is 3. The Kier molecular flexibility index (Phi) is 7.07. The van der Waals surface area contributed by atoms with E-state index in [0.29, 0.717) is 17.5 Å². The van der Waals surface area contributed by atoms with Gasteiger partial charge in [0.05, 0.1) is 46.0 Å². The minimum Gasteiger partial charge on any atom is -0.289 e. The number of imide groups is 1. The van der Waals surface area contributed by atoms with Crippen LogP contribution in [0.25, 0.3) is 5.69 Å². The van der Waals surface area contributed by atoms with Crippen LogP contribution in [0, 0.1) is 18.3 Å². The smallest absolute Gasteiger partial charge is 0.289 e. The Morgan fingerprint density at radius 2 is 1.83 bits per heavy atom. The molecule has 0 spiro atoms. The Morgan fingerprint density at radius 3 is 2.34 bits per heavy atom. The molecular weight excluding hydrogens is 461 g/mol. The first-order valence-electron chi connectivity index (χ1n) is 10.5. The molecule has 35 heavy (non-hydrogen) atoms. The van der Waals surface area contributed by atoms with Gasteiger partial charge < -0.3 is 0 Å². The lowest BCUT2D eigenvalue weighted by molar-refractivity contribution is -0.138. The molecule has 0 saturated carbocycles. The number of nitriles is 1. The van der Waals surface area contributed by atoms with Crippen LogP contribution < -0.4 is 4.90 Å². The van der Waals surface area contributed by atoms with E-state index in [9.17, 15) is 22.8 Å². The van der Waals surface area contributed by atoms with Crippen molar-refractivity contribution in [3.63, 3.8) is 0 Å². The predicted octanol–water partition coefficient (Wildman–Crippen LogP) is 3.87. The quantitative estimate of drug-likeness (QED) is 0.473. The number of aryl methyl sites for hydroxylation is 1. The van der Waals surface area contributed by atoms with Crippen molar-refractivity contribution in [3.05, 3.63) is 71.0 Å². The molecule has 0 atom stereocenters. The minimum absolute atomic E-state index is 0.175. The topological polar surface area (TPSA) is 95.1 Å². The van der Waals surface area contributed by atoms with Crippen molar-refractivity contribution in [1.29, 1.82) is 5.26 Å². The fourth-order valence-corrected chi connectivity index (χ4v) is 3.40. The number of hydrogen-bond donors (Lipinski definition) is 0. The number of amides is 2. The summed E-state index contributed by atoms with van der Waals surface area (Å²) in [6.45, 7) is 5.30. The van der Waals surface area contributed by atoms with E-state index in [2.05, 4.69) is 10.3 Å². The summed E-state index contributed by atoms with van der Waals surface area (Å²) in [6.07, 6.45) is -2.86. The SMILES string of the molecule is Cc1cn(-c2ccc(CN(C)C(C)(C)C(=O)N(C=O)c3ccc(C#N)c(C(F)(F)F)c3)cc2)nn1. The molecule has 11 heteroatoms. The lowest BCUT2D eigenvalue weighted by Gasteiger charge is -2.36. The third-order valence-corrected chi connectivity index (χ3v) is 5.74. The van der Waals surface area contributed by atoms with E-state index in [1.807, 2.05) is 31.2 Å². The van der Waals surface area contributed by atoms with Gasteiger partial charge in [0, 0.05) is 6.54 Å². The van der Waals surface area contributed by atoms with Gasteiger partial charge in [0.1, 0.15) is 0 Å². The van der Waals surface area contributed by atoms with Crippen molar-refractivity contribution < 1.29 is 22.8 Å². The number of carbonyl (C=O) groups is 2. The second kappa shape index (κ2) is 9.68. The van der Waals surface area contributed by atoms with E-state index in [0.717, 1.165) is 29.1 Å². The van der Waals surface area contributed by atoms with Gasteiger partial charge in [-0.25, -0.2) is 4.68 Å². The molecule has 0 N–H and O–H groups in total. The van der Waals surface area contributed by atoms with Crippen molar-refractivity contribution in [2.75, 3.05) is 11.9 Å². The van der Waals surface area contributed by atoms with Gasteiger partial charge in [-0.05, 0) is 63.7 Å². The highest BCUT2D eigenvalue weighted by molar-refractivity contribution is 6.11. The molecule has 0 radical (unpaired) electrons. The van der Waals surface area contributed by atoms with Crippen LogP contribution in [0.5, 0.6) is 0 Å². The van der Waals surface area contributed by atoms with Gasteiger partial charge in [-0.2, -0.15) is 18.4 Å². The Morgan fingerprint density at radius 1 is 1.17 bits per heavy atom. The first-order valence-corrected chi connectivity index (χ1v) is 10.5. The van der Waals surface area contributed by atoms with Crippen LogP contribution in [-0.4, -0.2) is 44.8 Å². The zero-order valence-electron chi connectivity index (χ0n) is 19.5. The summed E-state index contributed by atoms with van der Waals surface area (Å²) in [5.41, 5.74) is -0.894. The number of carbonyl (C=O) groups excluding carboxylic acids is 2. The second-order valence-corrected chi connectivity index (χ2v) is 8.51. The van der Waals surface area contributed by atoms with Crippen molar-refractivity contribution in [3.8, 4) is 11.8 Å². The molecule has 0 aliphatic heterocycles. The van der Waals surface area contributed by atoms with E-state index in [1.54, 1.807) is 36.7 Å². The second-order valence-electron chi connectivity index (χ2n) is 8.51. The summed E-state index contributed by atoms with van der Waals surface area (Å²) in [4.78, 5) is 27.4. The molecule has 0 bridgehead atoms. The van der Waals surface area contributed by atoms with Crippen LogP contribution in [0.4, 0.5) is 18.9 Å². The molecule has 1 aromatic heterocycles. The van der Waals surface area contributed by atoms with E-state index in [-0.39, 0.29) is 12.1 Å². The summed E-state index contributed by atoms with van der Waals surface area (Å²) in [5, 5.41) is 17.0. The molecule has 0 aliphatic carbocycles. The molecule has 182 valence electrons. The van der Waals surface area contributed by atoms with Crippen molar-refractivity contribution in [2.24, 2.45) is 0 Å². The Labute approximate surface area is 200 Å². The number of anilines is 1. The van der Waals surface area contributed by atoms with Crippen LogP contribution in [0.1, 0.15) is 36.2 Å². The average Bonchev–Trinajstić information content (AvgIpc) is 3.25. The van der Waals surface area contributed by atoms with Gasteiger partial charge in [0.25, 0.3) is 5.91 Å². The van der Waals surface area contributed by atoms with E-state index < -0.39 is 28.7 Å². The first kappa shape index (κ1) is 25.6. The maximum absolute atomic E-state index is 13.4. The highest BCUT2D eigenvalue weighted by Crippen LogP contribution is 2.35. The fourth-order valence-electron chi connectivity index (χ4n) is 3.40. The Balaban J connectivity index is 1.82. The summed E-state index contributed by atoms with van der Waals surface area (Å²) in [6, 6.07) is 11.6. The van der Waals surface area contributed by atoms with Crippen LogP contribution >= 0.6 is 0 Å². The summed E-state index contributed by atoms with van der Waals surface area (Å²) >= 11 is 0. The van der Waals surface area contributed by atoms with Gasteiger partial charge in [0.2, 0.25) is 6.41 Å². The normalized spacial score (nSPS) is 11.9. The van der Waals surface area contributed by atoms with Gasteiger partial charge >= 0.3 is 6.18 Å². The molecule has 0 saturated heterocycles. The Hall–Kier alpha value is -4.04. The molecule has 2 aromatic carbocycles. The van der Waals surface area contributed by atoms with Crippen molar-refractivity contribution in [1.82, 2.24) is 19.9 Å². The van der Waals surface area contributed by atoms with Gasteiger partial charge in [-0.1, -0.05) is 17.3 Å². The summed E-state index contributed by atoms with van der Waals surface area (Å²) in [5.74, 6) is -0.720. The van der Waals surface area contributed by atoms with Crippen molar-refractivity contribution in [2.45, 2.75) is 39.0 Å². The monoisotopic (exact) mass is 484 g/mol. The molecule has 1 heterocycles. The van der Waals surface area contributed by atoms with E-state index >= 15 is 0 Å². The lowest BCUT2D eigenvalue weighted by Crippen LogP contribution is -2.54. The Bertz CT molecular complexity index is 1280. The summed E-state index contributed by atoms with van der Waals surface area (Å²) in [7, 11) is 1.68. The third kappa shape index (κ3) is 5.38. The highest BCUT2D eigenvalue weighted by atomic mass is 19.4. The fraction of sp³-hybridized carbons (Fsp3) is 0.292. The minimum atomic E-state index is -4.82. The van der Waals surface area contributed by atoms with Crippen LogP contribution in [0.2, 0.25) is 0 Å². The van der Waals surface area contributed by atoms with Crippen LogP contribution in [0.3, 0.4) is 0 Å². The molecule has 0 aliphatic rings. The molecule has 3 rings (SSSR count). The van der Waals surface area contributed by atoms with E-state index in [1.165, 1.54) is 6.07 Å². The summed E-state index contributed by atoms with van der Waals surface area (Å²) < 4.78 is 41.7. The molecule has 8 nitrogen and oxygen atoms in total. The number of rotatable bonds is 7. The average molecular weight is 484 g/mol. The maximum atomic E-state index is 13.4. The van der Waals surface area contributed by atoms with E-state index in [4.69, 9.17) is 5.26 Å². The maximum Gasteiger partial charge on any atom is 0.417 e. The molecular formula is C24H23F3N6O2. The number of likely N-dealkylation sites (N-methyl/N-ethyl adjacent to an activating group) is 1. The van der Waals surface area contributed by atoms with Crippen LogP contribution in [0.15, 0.2) is 48.7 Å². The van der Waals surface area contributed by atoms with Gasteiger partial charge in [0.15, 0.2) is 0 Å². The predicted molar refractivity (Wildman–Crippen MR) is 121 cm³/mol. The number of hydrogen-bond acceptors (Lipinski definition) is 6. The number of alkyl halides is 3. The highest BCUT2D eigenvalue weighted by Gasteiger charge is 2.38. The lowest BCUT2D eigenvalue weighted by atomic mass is 9.99. The molecule has 2 amide bonds. The van der Waals surface area contributed by atoms with Gasteiger partial charge in [-0.15, -0.1) is 5.10 Å². The zero-order valence-corrected chi connectivity index (χ0v) is 19.5. The number of benzene rings is 2. The zero-order chi connectivity index (χ0) is 26.0. The van der Waals surface area contributed by atoms with Gasteiger partial charge in [-0.3, -0.25) is 19.4 Å². The molecule has 0 unspecified atom stereocenters. The number of nitrogens with zero attached hydrogens (tertiary/aromatic N) is 6. The third-order valence-electron chi connectivity index (χ3n) is 5.74.